The Balaban J connectivity index is 1.56. The number of aromatic nitrogens is 2. The highest BCUT2D eigenvalue weighted by molar-refractivity contribution is 7.13. The first-order chi connectivity index (χ1) is 10.2. The van der Waals surface area contributed by atoms with Gasteiger partial charge in [-0.25, -0.2) is 4.98 Å². The van der Waals surface area contributed by atoms with E-state index in [4.69, 9.17) is 11.6 Å². The van der Waals surface area contributed by atoms with Gasteiger partial charge in [0.15, 0.2) is 5.69 Å². The molecule has 0 aliphatic carbocycles. The quantitative estimate of drug-likeness (QED) is 0.861. The zero-order valence-corrected chi connectivity index (χ0v) is 13.0. The number of pyridine rings is 1. The molecule has 0 spiro atoms. The van der Waals surface area contributed by atoms with Crippen LogP contribution in [0, 0.1) is 5.92 Å². The molecule has 0 aromatic carbocycles. The highest BCUT2D eigenvalue weighted by atomic mass is 35.5. The van der Waals surface area contributed by atoms with E-state index in [-0.39, 0.29) is 11.9 Å². The van der Waals surface area contributed by atoms with Gasteiger partial charge < -0.3 is 10.2 Å². The first-order valence-electron chi connectivity index (χ1n) is 7.16. The fraction of sp³-hybridized carbons (Fsp3) is 0.500. The molecule has 21 heavy (non-hydrogen) atoms. The molecular weight excluding hydrogens is 308 g/mol. The van der Waals surface area contributed by atoms with E-state index in [0.29, 0.717) is 21.6 Å². The first-order valence-corrected chi connectivity index (χ1v) is 8.31. The van der Waals surface area contributed by atoms with Crippen molar-refractivity contribution in [3.05, 3.63) is 23.0 Å². The van der Waals surface area contributed by atoms with Gasteiger partial charge in [-0.2, -0.15) is 4.37 Å². The van der Waals surface area contributed by atoms with Crippen molar-refractivity contribution in [1.29, 1.82) is 0 Å². The van der Waals surface area contributed by atoms with Crippen molar-refractivity contribution in [2.75, 3.05) is 19.6 Å². The monoisotopic (exact) mass is 322 g/mol. The summed E-state index contributed by atoms with van der Waals surface area (Å²) in [6, 6.07) is 3.76. The molecule has 7 heteroatoms. The van der Waals surface area contributed by atoms with Crippen LogP contribution in [0.25, 0.3) is 10.2 Å². The zero-order chi connectivity index (χ0) is 14.4. The van der Waals surface area contributed by atoms with Gasteiger partial charge in [0.2, 0.25) is 0 Å². The fourth-order valence-electron chi connectivity index (χ4n) is 3.33. The van der Waals surface area contributed by atoms with Crippen LogP contribution < -0.4 is 5.32 Å². The highest BCUT2D eigenvalue weighted by Crippen LogP contribution is 2.28. The fourth-order valence-corrected chi connectivity index (χ4v) is 4.29. The molecule has 0 radical (unpaired) electrons. The molecule has 3 aliphatic heterocycles. The third-order valence-corrected chi connectivity index (χ3v) is 5.46. The molecule has 5 rings (SSSR count). The van der Waals surface area contributed by atoms with Crippen molar-refractivity contribution < 1.29 is 4.79 Å². The van der Waals surface area contributed by atoms with Gasteiger partial charge >= 0.3 is 0 Å². The van der Waals surface area contributed by atoms with E-state index in [2.05, 4.69) is 19.6 Å². The van der Waals surface area contributed by atoms with E-state index >= 15 is 0 Å². The Hall–Kier alpha value is -1.24. The van der Waals surface area contributed by atoms with Crippen molar-refractivity contribution >= 4 is 39.3 Å². The van der Waals surface area contributed by atoms with Crippen LogP contribution in [-0.4, -0.2) is 45.8 Å². The van der Waals surface area contributed by atoms with Crippen LogP contribution in [0.2, 0.25) is 5.15 Å². The maximum atomic E-state index is 12.5. The summed E-state index contributed by atoms with van der Waals surface area (Å²) < 4.78 is 4.26. The molecule has 0 saturated carbocycles. The smallest absolute Gasteiger partial charge is 0.271 e. The lowest BCUT2D eigenvalue weighted by molar-refractivity contribution is 0.0619. The number of hydrogen-bond acceptors (Lipinski definition) is 5. The van der Waals surface area contributed by atoms with Crippen molar-refractivity contribution in [2.24, 2.45) is 5.92 Å². The van der Waals surface area contributed by atoms with Crippen molar-refractivity contribution in [3.63, 3.8) is 0 Å². The van der Waals surface area contributed by atoms with Gasteiger partial charge in [0, 0.05) is 18.0 Å². The molecule has 1 N–H and O–H groups in total. The summed E-state index contributed by atoms with van der Waals surface area (Å²) in [7, 11) is 0. The molecule has 5 heterocycles. The van der Waals surface area contributed by atoms with E-state index in [9.17, 15) is 4.79 Å². The molecule has 2 aromatic heterocycles. The maximum absolute atomic E-state index is 12.5. The SMILES string of the molecule is O=C(N[C@@H]1CN2CCC1CC2)c1nsc2nc(Cl)ccc12. The Morgan fingerprint density at radius 2 is 2.19 bits per heavy atom. The van der Waals surface area contributed by atoms with Crippen LogP contribution in [0.1, 0.15) is 23.3 Å². The van der Waals surface area contributed by atoms with Gasteiger partial charge in [0.05, 0.1) is 0 Å². The number of amides is 1. The van der Waals surface area contributed by atoms with E-state index in [1.807, 2.05) is 6.07 Å². The number of fused-ring (bicyclic) bond motifs is 4. The minimum Gasteiger partial charge on any atom is -0.346 e. The van der Waals surface area contributed by atoms with Crippen LogP contribution in [0.3, 0.4) is 0 Å². The van der Waals surface area contributed by atoms with E-state index in [1.165, 1.54) is 37.5 Å². The second-order valence-electron chi connectivity index (χ2n) is 5.74. The number of nitrogens with one attached hydrogen (secondary N) is 1. The van der Waals surface area contributed by atoms with E-state index < -0.39 is 0 Å². The molecular formula is C14H15ClN4OS. The molecule has 3 saturated heterocycles. The minimum atomic E-state index is -0.0934. The second-order valence-corrected chi connectivity index (χ2v) is 6.87. The predicted octanol–water partition coefficient (Wildman–Crippen LogP) is 2.17. The average molecular weight is 323 g/mol. The summed E-state index contributed by atoms with van der Waals surface area (Å²) in [5, 5.41) is 4.37. The first kappa shape index (κ1) is 13.4. The number of carbonyl (C=O) groups excluding carboxylic acids is 1. The molecule has 5 nitrogen and oxygen atoms in total. The van der Waals surface area contributed by atoms with Crippen LogP contribution in [-0.2, 0) is 0 Å². The van der Waals surface area contributed by atoms with E-state index in [1.54, 1.807) is 6.07 Å². The number of carbonyl (C=O) groups is 1. The van der Waals surface area contributed by atoms with Gasteiger partial charge in [-0.05, 0) is 55.5 Å². The minimum absolute atomic E-state index is 0.0934. The van der Waals surface area contributed by atoms with Crippen LogP contribution in [0.15, 0.2) is 12.1 Å². The average Bonchev–Trinajstić information content (AvgIpc) is 2.91. The lowest BCUT2D eigenvalue weighted by Gasteiger charge is -2.44. The molecule has 110 valence electrons. The van der Waals surface area contributed by atoms with Crippen LogP contribution in [0.4, 0.5) is 0 Å². The Morgan fingerprint density at radius 3 is 2.90 bits per heavy atom. The maximum Gasteiger partial charge on any atom is 0.271 e. The molecule has 3 aliphatic rings. The normalized spacial score (nSPS) is 28.0. The number of nitrogens with zero attached hydrogens (tertiary/aromatic N) is 3. The zero-order valence-electron chi connectivity index (χ0n) is 11.4. The Labute approximate surface area is 131 Å². The van der Waals surface area contributed by atoms with Crippen LogP contribution >= 0.6 is 23.1 Å². The summed E-state index contributed by atoms with van der Waals surface area (Å²) in [6.45, 7) is 3.29. The van der Waals surface area contributed by atoms with Gasteiger partial charge in [-0.1, -0.05) is 11.6 Å². The summed E-state index contributed by atoms with van der Waals surface area (Å²) in [4.78, 5) is 19.8. The summed E-state index contributed by atoms with van der Waals surface area (Å²) >= 11 is 7.08. The van der Waals surface area contributed by atoms with Gasteiger partial charge in [-0.15, -0.1) is 0 Å². The van der Waals surface area contributed by atoms with E-state index in [0.717, 1.165) is 11.9 Å². The van der Waals surface area contributed by atoms with Crippen molar-refractivity contribution in [1.82, 2.24) is 19.6 Å². The lowest BCUT2D eigenvalue weighted by atomic mass is 9.84. The van der Waals surface area contributed by atoms with Gasteiger partial charge in [0.1, 0.15) is 9.98 Å². The molecule has 2 bridgehead atoms. The summed E-state index contributed by atoms with van der Waals surface area (Å²) in [5.74, 6) is 0.514. The number of halogens is 1. The van der Waals surface area contributed by atoms with Gasteiger partial charge in [0.25, 0.3) is 5.91 Å². The number of rotatable bonds is 2. The Bertz CT molecular complexity index is 695. The highest BCUT2D eigenvalue weighted by Gasteiger charge is 2.35. The molecule has 1 atom stereocenters. The number of hydrogen-bond donors (Lipinski definition) is 1. The second kappa shape index (κ2) is 5.19. The van der Waals surface area contributed by atoms with Gasteiger partial charge in [-0.3, -0.25) is 4.79 Å². The Kier molecular flexibility index (Phi) is 3.32. The molecule has 0 unspecified atom stereocenters. The lowest BCUT2D eigenvalue weighted by Crippen LogP contribution is -2.57. The third-order valence-electron chi connectivity index (χ3n) is 4.49. The predicted molar refractivity (Wildman–Crippen MR) is 82.8 cm³/mol. The van der Waals surface area contributed by atoms with Crippen molar-refractivity contribution in [3.8, 4) is 0 Å². The Morgan fingerprint density at radius 1 is 1.38 bits per heavy atom. The standard InChI is InChI=1S/C14H15ClN4OS/c15-11-2-1-9-12(18-21-14(9)17-11)13(20)16-10-7-19-5-3-8(10)4-6-19/h1-2,8,10H,3-7H2,(H,16,20)/t10-/m1/s1. The third kappa shape index (κ3) is 2.41. The van der Waals surface area contributed by atoms with Crippen LogP contribution in [0.5, 0.6) is 0 Å². The number of piperidine rings is 3. The molecule has 3 fully saturated rings. The molecule has 1 amide bonds. The summed E-state index contributed by atoms with van der Waals surface area (Å²) in [5.41, 5.74) is 0.468. The molecule has 2 aromatic rings. The topological polar surface area (TPSA) is 58.1 Å². The van der Waals surface area contributed by atoms with Crippen molar-refractivity contribution in [2.45, 2.75) is 18.9 Å². The largest absolute Gasteiger partial charge is 0.346 e. The summed E-state index contributed by atoms with van der Waals surface area (Å²) in [6.07, 6.45) is 2.36.